The van der Waals surface area contributed by atoms with Gasteiger partial charge in [0.15, 0.2) is 5.82 Å². The van der Waals surface area contributed by atoms with Crippen LogP contribution in [0.1, 0.15) is 31.0 Å². The Morgan fingerprint density at radius 1 is 1.42 bits per heavy atom. The third-order valence-electron chi connectivity index (χ3n) is 4.77. The standard InChI is InChI=1S/C17H27N7O2/c1-14-20-16(21-26-14)12-22(2)15-4-3-8-24(9-5-15)17(25)19-7-11-23-10-6-18-13-23/h6,10,13,15H,3-5,7-9,11-12H2,1-2H3,(H,19,25)/t15-/m0/s1. The Bertz CT molecular complexity index is 685. The summed E-state index contributed by atoms with van der Waals surface area (Å²) in [5.41, 5.74) is 0. The summed E-state index contributed by atoms with van der Waals surface area (Å²) in [6.07, 6.45) is 8.39. The number of amides is 2. The smallest absolute Gasteiger partial charge is 0.317 e. The number of aromatic nitrogens is 4. The maximum atomic E-state index is 12.4. The van der Waals surface area contributed by atoms with Gasteiger partial charge < -0.3 is 19.3 Å². The molecule has 2 aromatic heterocycles. The average Bonchev–Trinajstić information content (AvgIpc) is 3.20. The van der Waals surface area contributed by atoms with Crippen molar-refractivity contribution in [1.29, 1.82) is 0 Å². The van der Waals surface area contributed by atoms with Crippen molar-refractivity contribution in [2.45, 2.75) is 45.3 Å². The Morgan fingerprint density at radius 2 is 2.31 bits per heavy atom. The molecule has 1 N–H and O–H groups in total. The lowest BCUT2D eigenvalue weighted by molar-refractivity contribution is 0.189. The van der Waals surface area contributed by atoms with Crippen LogP contribution in [0.5, 0.6) is 0 Å². The summed E-state index contributed by atoms with van der Waals surface area (Å²) in [6.45, 7) is 5.35. The molecule has 0 unspecified atom stereocenters. The Balaban J connectivity index is 1.42. The predicted octanol–water partition coefficient (Wildman–Crippen LogP) is 1.27. The fourth-order valence-electron chi connectivity index (χ4n) is 3.30. The number of imidazole rings is 1. The van der Waals surface area contributed by atoms with Gasteiger partial charge >= 0.3 is 6.03 Å². The van der Waals surface area contributed by atoms with Crippen molar-refractivity contribution in [2.24, 2.45) is 0 Å². The van der Waals surface area contributed by atoms with Gasteiger partial charge in [-0.15, -0.1) is 0 Å². The van der Waals surface area contributed by atoms with Gasteiger partial charge in [-0.25, -0.2) is 9.78 Å². The van der Waals surface area contributed by atoms with Crippen LogP contribution in [0.25, 0.3) is 0 Å². The zero-order valence-corrected chi connectivity index (χ0v) is 15.5. The summed E-state index contributed by atoms with van der Waals surface area (Å²) in [4.78, 5) is 24.8. The minimum atomic E-state index is 0.0159. The maximum absolute atomic E-state index is 12.4. The molecule has 26 heavy (non-hydrogen) atoms. The highest BCUT2D eigenvalue weighted by atomic mass is 16.5. The molecule has 1 saturated heterocycles. The number of aryl methyl sites for hydroxylation is 1. The fraction of sp³-hybridized carbons (Fsp3) is 0.647. The minimum absolute atomic E-state index is 0.0159. The van der Waals surface area contributed by atoms with Gasteiger partial charge in [0.25, 0.3) is 0 Å². The van der Waals surface area contributed by atoms with Crippen LogP contribution in [0.4, 0.5) is 4.79 Å². The molecule has 9 nitrogen and oxygen atoms in total. The first kappa shape index (κ1) is 18.4. The van der Waals surface area contributed by atoms with Crippen molar-refractivity contribution >= 4 is 6.03 Å². The van der Waals surface area contributed by atoms with Gasteiger partial charge in [0, 0.05) is 51.5 Å². The first-order valence-electron chi connectivity index (χ1n) is 9.10. The second-order valence-corrected chi connectivity index (χ2v) is 6.75. The van der Waals surface area contributed by atoms with Gasteiger partial charge in [0.2, 0.25) is 5.89 Å². The van der Waals surface area contributed by atoms with Crippen molar-refractivity contribution in [1.82, 2.24) is 34.8 Å². The molecular formula is C17H27N7O2. The number of rotatable bonds is 6. The van der Waals surface area contributed by atoms with Crippen molar-refractivity contribution in [2.75, 3.05) is 26.7 Å². The van der Waals surface area contributed by atoms with Crippen LogP contribution < -0.4 is 5.32 Å². The molecule has 3 rings (SSSR count). The van der Waals surface area contributed by atoms with Crippen molar-refractivity contribution in [3.8, 4) is 0 Å². The molecule has 0 bridgehead atoms. The number of nitrogens with zero attached hydrogens (tertiary/aromatic N) is 6. The van der Waals surface area contributed by atoms with E-state index in [0.29, 0.717) is 30.8 Å². The van der Waals surface area contributed by atoms with Gasteiger partial charge in [-0.2, -0.15) is 4.98 Å². The summed E-state index contributed by atoms with van der Waals surface area (Å²) < 4.78 is 6.99. The van der Waals surface area contributed by atoms with Gasteiger partial charge in [0.05, 0.1) is 12.9 Å². The van der Waals surface area contributed by atoms with Crippen LogP contribution in [-0.4, -0.2) is 68.2 Å². The van der Waals surface area contributed by atoms with E-state index in [1.54, 1.807) is 19.4 Å². The van der Waals surface area contributed by atoms with E-state index in [-0.39, 0.29) is 6.03 Å². The highest BCUT2D eigenvalue weighted by Crippen LogP contribution is 2.17. The van der Waals surface area contributed by atoms with Crippen molar-refractivity contribution in [3.63, 3.8) is 0 Å². The number of carbonyl (C=O) groups excluding carboxylic acids is 1. The topological polar surface area (TPSA) is 92.3 Å². The van der Waals surface area contributed by atoms with Crippen LogP contribution in [-0.2, 0) is 13.1 Å². The first-order valence-corrected chi connectivity index (χ1v) is 9.10. The summed E-state index contributed by atoms with van der Waals surface area (Å²) in [7, 11) is 2.08. The van der Waals surface area contributed by atoms with E-state index in [2.05, 4.69) is 32.4 Å². The Labute approximate surface area is 153 Å². The zero-order valence-electron chi connectivity index (χ0n) is 15.5. The predicted molar refractivity (Wildman–Crippen MR) is 95.3 cm³/mol. The number of hydrogen-bond donors (Lipinski definition) is 1. The van der Waals surface area contributed by atoms with Crippen LogP contribution in [0.15, 0.2) is 23.2 Å². The molecular weight excluding hydrogens is 334 g/mol. The minimum Gasteiger partial charge on any atom is -0.340 e. The fourth-order valence-corrected chi connectivity index (χ4v) is 3.30. The van der Waals surface area contributed by atoms with E-state index in [1.165, 1.54) is 0 Å². The summed E-state index contributed by atoms with van der Waals surface area (Å²) >= 11 is 0. The van der Waals surface area contributed by atoms with Crippen LogP contribution in [0.3, 0.4) is 0 Å². The quantitative estimate of drug-likeness (QED) is 0.833. The highest BCUT2D eigenvalue weighted by molar-refractivity contribution is 5.74. The Kier molecular flexibility index (Phi) is 6.21. The summed E-state index contributed by atoms with van der Waals surface area (Å²) in [5.74, 6) is 1.30. The lowest BCUT2D eigenvalue weighted by atomic mass is 10.1. The number of likely N-dealkylation sites (tertiary alicyclic amines) is 1. The second-order valence-electron chi connectivity index (χ2n) is 6.75. The third-order valence-corrected chi connectivity index (χ3v) is 4.77. The number of urea groups is 1. The maximum Gasteiger partial charge on any atom is 0.317 e. The molecule has 3 heterocycles. The molecule has 0 aromatic carbocycles. The Morgan fingerprint density at radius 3 is 3.04 bits per heavy atom. The van der Waals surface area contributed by atoms with Gasteiger partial charge in [-0.1, -0.05) is 5.16 Å². The Hall–Kier alpha value is -2.42. The van der Waals surface area contributed by atoms with Gasteiger partial charge in [-0.05, 0) is 26.3 Å². The molecule has 0 radical (unpaired) electrons. The van der Waals surface area contributed by atoms with Crippen molar-refractivity contribution < 1.29 is 9.32 Å². The normalized spacial score (nSPS) is 18.1. The monoisotopic (exact) mass is 361 g/mol. The number of nitrogens with one attached hydrogen (secondary N) is 1. The molecule has 1 fully saturated rings. The highest BCUT2D eigenvalue weighted by Gasteiger charge is 2.23. The molecule has 0 spiro atoms. The molecule has 142 valence electrons. The lowest BCUT2D eigenvalue weighted by Crippen LogP contribution is -2.42. The average molecular weight is 361 g/mol. The van der Waals surface area contributed by atoms with Crippen LogP contribution in [0.2, 0.25) is 0 Å². The molecule has 9 heteroatoms. The lowest BCUT2D eigenvalue weighted by Gasteiger charge is -2.26. The number of hydrogen-bond acceptors (Lipinski definition) is 6. The second kappa shape index (κ2) is 8.79. The van der Waals surface area contributed by atoms with E-state index >= 15 is 0 Å². The van der Waals surface area contributed by atoms with Crippen LogP contribution in [0, 0.1) is 6.92 Å². The van der Waals surface area contributed by atoms with E-state index < -0.39 is 0 Å². The van der Waals surface area contributed by atoms with E-state index in [4.69, 9.17) is 4.52 Å². The summed E-state index contributed by atoms with van der Waals surface area (Å²) in [6, 6.07) is 0.430. The van der Waals surface area contributed by atoms with E-state index in [0.717, 1.165) is 38.9 Å². The first-order chi connectivity index (χ1) is 12.6. The largest absolute Gasteiger partial charge is 0.340 e. The molecule has 2 aromatic rings. The van der Waals surface area contributed by atoms with Crippen LogP contribution >= 0.6 is 0 Å². The van der Waals surface area contributed by atoms with Gasteiger partial charge in [-0.3, -0.25) is 4.90 Å². The van der Waals surface area contributed by atoms with E-state index in [1.807, 2.05) is 15.7 Å². The molecule has 1 atom stereocenters. The van der Waals surface area contributed by atoms with Gasteiger partial charge in [0.1, 0.15) is 0 Å². The molecule has 2 amide bonds. The zero-order chi connectivity index (χ0) is 18.4. The van der Waals surface area contributed by atoms with Crippen molar-refractivity contribution in [3.05, 3.63) is 30.4 Å². The number of carbonyl (C=O) groups is 1. The molecule has 0 saturated carbocycles. The summed E-state index contributed by atoms with van der Waals surface area (Å²) in [5, 5.41) is 6.96. The third kappa shape index (κ3) is 5.04. The molecule has 0 aliphatic carbocycles. The molecule has 1 aliphatic rings. The SMILES string of the molecule is Cc1nc(CN(C)[C@H]2CCCN(C(=O)NCCn3ccnc3)CC2)no1. The molecule has 1 aliphatic heterocycles. The van der Waals surface area contributed by atoms with E-state index in [9.17, 15) is 4.79 Å².